The molecule has 1 rings (SSSR count). The second kappa shape index (κ2) is 4.27. The Labute approximate surface area is 95.4 Å². The molecule has 1 aromatic rings. The van der Waals surface area contributed by atoms with Crippen molar-refractivity contribution < 1.29 is 26.3 Å². The van der Waals surface area contributed by atoms with E-state index >= 15 is 0 Å². The minimum Gasteiger partial charge on any atom is -0.235 e. The van der Waals surface area contributed by atoms with Crippen LogP contribution in [0.5, 0.6) is 0 Å². The van der Waals surface area contributed by atoms with E-state index in [0.717, 1.165) is 12.1 Å². The zero-order chi connectivity index (χ0) is 12.6. The molecule has 0 aliphatic heterocycles. The van der Waals surface area contributed by atoms with Gasteiger partial charge < -0.3 is 0 Å². The highest BCUT2D eigenvalue weighted by Crippen LogP contribution is 2.46. The Morgan fingerprint density at radius 3 is 1.75 bits per heavy atom. The Kier molecular flexibility index (Phi) is 3.56. The molecule has 7 heteroatoms. The standard InChI is InChI=1S/C9H5BrF6/c10-6-3-1-5(2-4-6)7(11)8(12,13)9(14,15)16/h1-4,7H. The van der Waals surface area contributed by atoms with Crippen molar-refractivity contribution in [3.8, 4) is 0 Å². The van der Waals surface area contributed by atoms with Gasteiger partial charge in [0.2, 0.25) is 0 Å². The van der Waals surface area contributed by atoms with Crippen LogP contribution in [-0.4, -0.2) is 12.1 Å². The van der Waals surface area contributed by atoms with E-state index in [-0.39, 0.29) is 0 Å². The van der Waals surface area contributed by atoms with Crippen molar-refractivity contribution in [1.29, 1.82) is 0 Å². The zero-order valence-electron chi connectivity index (χ0n) is 7.53. The maximum absolute atomic E-state index is 13.1. The van der Waals surface area contributed by atoms with Crippen molar-refractivity contribution in [3.63, 3.8) is 0 Å². The van der Waals surface area contributed by atoms with Crippen molar-refractivity contribution in [2.24, 2.45) is 0 Å². The molecule has 0 saturated carbocycles. The summed E-state index contributed by atoms with van der Waals surface area (Å²) in [5.41, 5.74) is -0.717. The summed E-state index contributed by atoms with van der Waals surface area (Å²) in [6.45, 7) is 0. The van der Waals surface area contributed by atoms with Gasteiger partial charge in [0.05, 0.1) is 0 Å². The third kappa shape index (κ3) is 2.50. The van der Waals surface area contributed by atoms with E-state index in [1.165, 1.54) is 12.1 Å². The van der Waals surface area contributed by atoms with Crippen LogP contribution in [0.4, 0.5) is 26.3 Å². The smallest absolute Gasteiger partial charge is 0.235 e. The molecule has 90 valence electrons. The Bertz CT molecular complexity index is 355. The van der Waals surface area contributed by atoms with Gasteiger partial charge >= 0.3 is 12.1 Å². The first-order valence-corrected chi connectivity index (χ1v) is 4.79. The maximum atomic E-state index is 13.1. The summed E-state index contributed by atoms with van der Waals surface area (Å²) in [5.74, 6) is -5.39. The van der Waals surface area contributed by atoms with Crippen LogP contribution in [0.2, 0.25) is 0 Å². The van der Waals surface area contributed by atoms with Crippen LogP contribution in [0, 0.1) is 0 Å². The van der Waals surface area contributed by atoms with Crippen LogP contribution in [0.1, 0.15) is 11.7 Å². The summed E-state index contributed by atoms with van der Waals surface area (Å²) in [4.78, 5) is 0. The first-order valence-electron chi connectivity index (χ1n) is 4.00. The molecule has 0 bridgehead atoms. The average Bonchev–Trinajstić information content (AvgIpc) is 2.16. The lowest BCUT2D eigenvalue weighted by atomic mass is 10.0. The van der Waals surface area contributed by atoms with Gasteiger partial charge in [-0.1, -0.05) is 28.1 Å². The van der Waals surface area contributed by atoms with Crippen molar-refractivity contribution in [1.82, 2.24) is 0 Å². The molecule has 0 amide bonds. The first-order chi connectivity index (χ1) is 7.16. The van der Waals surface area contributed by atoms with Crippen molar-refractivity contribution in [3.05, 3.63) is 34.3 Å². The predicted molar refractivity (Wildman–Crippen MR) is 49.0 cm³/mol. The van der Waals surface area contributed by atoms with Gasteiger partial charge in [0.15, 0.2) is 6.17 Å². The normalized spacial score (nSPS) is 14.9. The topological polar surface area (TPSA) is 0 Å². The lowest BCUT2D eigenvalue weighted by Crippen LogP contribution is -2.40. The molecule has 0 saturated heterocycles. The summed E-state index contributed by atoms with van der Waals surface area (Å²) < 4.78 is 74.3. The minimum absolute atomic E-state index is 0.457. The third-order valence-electron chi connectivity index (χ3n) is 1.86. The highest BCUT2D eigenvalue weighted by Gasteiger charge is 2.63. The molecule has 0 aliphatic rings. The van der Waals surface area contributed by atoms with Gasteiger partial charge in [-0.2, -0.15) is 22.0 Å². The first kappa shape index (κ1) is 13.3. The summed E-state index contributed by atoms with van der Waals surface area (Å²) in [7, 11) is 0. The number of alkyl halides is 6. The van der Waals surface area contributed by atoms with Crippen molar-refractivity contribution >= 4 is 15.9 Å². The molecule has 1 aromatic carbocycles. The molecule has 0 aromatic heterocycles. The minimum atomic E-state index is -5.90. The van der Waals surface area contributed by atoms with E-state index in [4.69, 9.17) is 0 Å². The highest BCUT2D eigenvalue weighted by molar-refractivity contribution is 9.10. The average molecular weight is 307 g/mol. The number of halogens is 7. The lowest BCUT2D eigenvalue weighted by Gasteiger charge is -2.23. The summed E-state index contributed by atoms with van der Waals surface area (Å²) in [6, 6.07) is 4.12. The number of hydrogen-bond acceptors (Lipinski definition) is 0. The van der Waals surface area contributed by atoms with Crippen LogP contribution in [0.15, 0.2) is 28.7 Å². The molecule has 1 unspecified atom stereocenters. The molecule has 0 radical (unpaired) electrons. The van der Waals surface area contributed by atoms with Crippen molar-refractivity contribution in [2.75, 3.05) is 0 Å². The van der Waals surface area contributed by atoms with E-state index in [9.17, 15) is 26.3 Å². The molecular weight excluding hydrogens is 302 g/mol. The van der Waals surface area contributed by atoms with Crippen LogP contribution >= 0.6 is 15.9 Å². The second-order valence-corrected chi connectivity index (χ2v) is 3.95. The van der Waals surface area contributed by atoms with Crippen LogP contribution in [0.25, 0.3) is 0 Å². The lowest BCUT2D eigenvalue weighted by molar-refractivity contribution is -0.305. The van der Waals surface area contributed by atoms with Crippen molar-refractivity contribution in [2.45, 2.75) is 18.3 Å². The van der Waals surface area contributed by atoms with E-state index in [2.05, 4.69) is 15.9 Å². The fraction of sp³-hybridized carbons (Fsp3) is 0.333. The Balaban J connectivity index is 3.02. The Morgan fingerprint density at radius 2 is 1.38 bits per heavy atom. The molecule has 1 atom stereocenters. The molecular formula is C9H5BrF6. The zero-order valence-corrected chi connectivity index (χ0v) is 9.12. The maximum Gasteiger partial charge on any atom is 0.456 e. The Morgan fingerprint density at radius 1 is 0.938 bits per heavy atom. The SMILES string of the molecule is FC(c1ccc(Br)cc1)C(F)(F)C(F)(F)F. The molecule has 0 nitrogen and oxygen atoms in total. The largest absolute Gasteiger partial charge is 0.456 e. The monoisotopic (exact) mass is 306 g/mol. The van der Waals surface area contributed by atoms with E-state index in [0.29, 0.717) is 4.47 Å². The molecule has 0 aliphatic carbocycles. The molecule has 0 N–H and O–H groups in total. The van der Waals surface area contributed by atoms with Gasteiger partial charge in [-0.3, -0.25) is 0 Å². The van der Waals surface area contributed by atoms with E-state index in [1.54, 1.807) is 0 Å². The summed E-state index contributed by atoms with van der Waals surface area (Å²) in [6.07, 6.45) is -9.31. The number of hydrogen-bond donors (Lipinski definition) is 0. The van der Waals surface area contributed by atoms with Crippen LogP contribution in [0.3, 0.4) is 0 Å². The van der Waals surface area contributed by atoms with Crippen LogP contribution in [-0.2, 0) is 0 Å². The molecule has 0 heterocycles. The van der Waals surface area contributed by atoms with Gasteiger partial charge in [0.1, 0.15) is 0 Å². The number of benzene rings is 1. The second-order valence-electron chi connectivity index (χ2n) is 3.03. The number of rotatable bonds is 2. The molecule has 16 heavy (non-hydrogen) atoms. The summed E-state index contributed by atoms with van der Waals surface area (Å²) in [5, 5.41) is 0. The van der Waals surface area contributed by atoms with Gasteiger partial charge in [-0.15, -0.1) is 0 Å². The predicted octanol–water partition coefficient (Wildman–Crippen LogP) is 4.66. The van der Waals surface area contributed by atoms with Gasteiger partial charge in [0.25, 0.3) is 0 Å². The fourth-order valence-electron chi connectivity index (χ4n) is 0.985. The third-order valence-corrected chi connectivity index (χ3v) is 2.39. The van der Waals surface area contributed by atoms with Gasteiger partial charge in [-0.25, -0.2) is 4.39 Å². The fourth-order valence-corrected chi connectivity index (χ4v) is 1.25. The quantitative estimate of drug-likeness (QED) is 0.697. The van der Waals surface area contributed by atoms with E-state index in [1.807, 2.05) is 0 Å². The van der Waals surface area contributed by atoms with E-state index < -0.39 is 23.8 Å². The highest BCUT2D eigenvalue weighted by atomic mass is 79.9. The molecule has 0 spiro atoms. The van der Waals surface area contributed by atoms with Gasteiger partial charge in [0, 0.05) is 4.47 Å². The Hall–Kier alpha value is -0.720. The van der Waals surface area contributed by atoms with Gasteiger partial charge in [-0.05, 0) is 17.7 Å². The molecule has 0 fully saturated rings. The van der Waals surface area contributed by atoms with Crippen LogP contribution < -0.4 is 0 Å². The summed E-state index contributed by atoms with van der Waals surface area (Å²) >= 11 is 2.95.